The Kier molecular flexibility index (Phi) is 4.45. The minimum absolute atomic E-state index is 0.0995. The highest BCUT2D eigenvalue weighted by molar-refractivity contribution is 5.96. The smallest absolute Gasteiger partial charge is 0.254 e. The Morgan fingerprint density at radius 1 is 1.11 bits per heavy atom. The third-order valence-corrected chi connectivity index (χ3v) is 5.78. The summed E-state index contributed by atoms with van der Waals surface area (Å²) >= 11 is 0. The highest BCUT2D eigenvalue weighted by Gasteiger charge is 2.47. The van der Waals surface area contributed by atoms with Crippen LogP contribution in [0.5, 0.6) is 0 Å². The number of hydrogen-bond donors (Lipinski definition) is 0. The molecule has 0 unspecified atom stereocenters. The van der Waals surface area contributed by atoms with Gasteiger partial charge in [0.1, 0.15) is 11.4 Å². The summed E-state index contributed by atoms with van der Waals surface area (Å²) in [5, 5.41) is 4.35. The van der Waals surface area contributed by atoms with E-state index < -0.39 is 5.54 Å². The van der Waals surface area contributed by atoms with Crippen molar-refractivity contribution in [2.75, 3.05) is 26.2 Å². The van der Waals surface area contributed by atoms with E-state index in [0.717, 1.165) is 19.5 Å². The number of carbonyl (C=O) groups is 2. The van der Waals surface area contributed by atoms with E-state index in [0.29, 0.717) is 37.1 Å². The Labute approximate surface area is 157 Å². The lowest BCUT2D eigenvalue weighted by atomic mass is 9.84. The SMILES string of the molecule is Cc1cc(F)ccc1C(=O)N1CCC(C(=O)N2CCC2)(n2cccn2)CC1. The monoisotopic (exact) mass is 370 g/mol. The lowest BCUT2D eigenvalue weighted by Crippen LogP contribution is -2.59. The predicted molar refractivity (Wildman–Crippen MR) is 97.7 cm³/mol. The molecule has 0 spiro atoms. The van der Waals surface area contributed by atoms with E-state index in [2.05, 4.69) is 5.10 Å². The number of rotatable bonds is 3. The molecule has 0 saturated carbocycles. The minimum atomic E-state index is -0.724. The van der Waals surface area contributed by atoms with Crippen LogP contribution in [0.15, 0.2) is 36.7 Å². The molecule has 27 heavy (non-hydrogen) atoms. The van der Waals surface area contributed by atoms with Crippen LogP contribution in [0.2, 0.25) is 0 Å². The summed E-state index contributed by atoms with van der Waals surface area (Å²) in [6.07, 6.45) is 5.60. The van der Waals surface area contributed by atoms with E-state index in [1.54, 1.807) is 22.7 Å². The first-order valence-electron chi connectivity index (χ1n) is 9.36. The summed E-state index contributed by atoms with van der Waals surface area (Å²) in [4.78, 5) is 29.7. The average molecular weight is 370 g/mol. The van der Waals surface area contributed by atoms with Gasteiger partial charge in [0.05, 0.1) is 0 Å². The molecule has 0 bridgehead atoms. The maximum absolute atomic E-state index is 13.3. The number of halogens is 1. The predicted octanol–water partition coefficient (Wildman–Crippen LogP) is 2.19. The van der Waals surface area contributed by atoms with Gasteiger partial charge in [0.25, 0.3) is 11.8 Å². The molecule has 7 heteroatoms. The number of aromatic nitrogens is 2. The molecule has 1 aromatic heterocycles. The van der Waals surface area contributed by atoms with Gasteiger partial charge < -0.3 is 9.80 Å². The standard InChI is InChI=1S/C20H23FN4O2/c1-15-14-16(21)4-5-17(15)18(26)23-12-6-20(7-13-23,25-11-2-8-22-25)19(27)24-9-3-10-24/h2,4-5,8,11,14H,3,6-7,9-10,12-13H2,1H3. The molecule has 1 aromatic carbocycles. The molecular formula is C20H23FN4O2. The van der Waals surface area contributed by atoms with Crippen LogP contribution in [0.1, 0.15) is 35.2 Å². The molecule has 4 rings (SSSR count). The molecule has 3 heterocycles. The van der Waals surface area contributed by atoms with Crippen molar-refractivity contribution in [2.24, 2.45) is 0 Å². The van der Waals surface area contributed by atoms with Crippen LogP contribution in [0.3, 0.4) is 0 Å². The molecule has 0 N–H and O–H groups in total. The van der Waals surface area contributed by atoms with Gasteiger partial charge >= 0.3 is 0 Å². The van der Waals surface area contributed by atoms with Crippen molar-refractivity contribution >= 4 is 11.8 Å². The summed E-state index contributed by atoms with van der Waals surface area (Å²) < 4.78 is 15.1. The fourth-order valence-electron chi connectivity index (χ4n) is 3.99. The Bertz CT molecular complexity index is 853. The number of benzene rings is 1. The Morgan fingerprint density at radius 3 is 2.41 bits per heavy atom. The van der Waals surface area contributed by atoms with Crippen LogP contribution in [-0.2, 0) is 10.3 Å². The van der Waals surface area contributed by atoms with E-state index in [4.69, 9.17) is 0 Å². The number of nitrogens with zero attached hydrogens (tertiary/aromatic N) is 4. The van der Waals surface area contributed by atoms with Crippen molar-refractivity contribution in [1.82, 2.24) is 19.6 Å². The van der Waals surface area contributed by atoms with Crippen LogP contribution >= 0.6 is 0 Å². The molecule has 2 saturated heterocycles. The van der Waals surface area contributed by atoms with Gasteiger partial charge in [-0.3, -0.25) is 14.3 Å². The van der Waals surface area contributed by atoms with Gasteiger partial charge in [-0.2, -0.15) is 5.10 Å². The van der Waals surface area contributed by atoms with Crippen LogP contribution in [0.25, 0.3) is 0 Å². The number of likely N-dealkylation sites (tertiary alicyclic amines) is 2. The van der Waals surface area contributed by atoms with Gasteiger partial charge in [0, 0.05) is 44.1 Å². The molecule has 2 aromatic rings. The number of hydrogen-bond acceptors (Lipinski definition) is 3. The van der Waals surface area contributed by atoms with Crippen molar-refractivity contribution < 1.29 is 14.0 Å². The third-order valence-electron chi connectivity index (χ3n) is 5.78. The molecule has 2 aliphatic heterocycles. The zero-order valence-electron chi connectivity index (χ0n) is 15.4. The first kappa shape index (κ1) is 17.7. The number of amides is 2. The quantitative estimate of drug-likeness (QED) is 0.832. The number of carbonyl (C=O) groups excluding carboxylic acids is 2. The highest BCUT2D eigenvalue weighted by Crippen LogP contribution is 2.34. The average Bonchev–Trinajstić information content (AvgIpc) is 3.15. The molecule has 0 aliphatic carbocycles. The largest absolute Gasteiger partial charge is 0.340 e. The Morgan fingerprint density at radius 2 is 1.85 bits per heavy atom. The maximum atomic E-state index is 13.3. The zero-order valence-corrected chi connectivity index (χ0v) is 15.4. The van der Waals surface area contributed by atoms with Gasteiger partial charge in [0.2, 0.25) is 0 Å². The Hall–Kier alpha value is -2.70. The van der Waals surface area contributed by atoms with Crippen molar-refractivity contribution in [3.63, 3.8) is 0 Å². The fraction of sp³-hybridized carbons (Fsp3) is 0.450. The second kappa shape index (κ2) is 6.79. The van der Waals surface area contributed by atoms with E-state index in [1.165, 1.54) is 18.2 Å². The maximum Gasteiger partial charge on any atom is 0.254 e. The molecule has 0 atom stereocenters. The van der Waals surface area contributed by atoms with Gasteiger partial charge in [0.15, 0.2) is 0 Å². The van der Waals surface area contributed by atoms with Gasteiger partial charge in [-0.1, -0.05) is 0 Å². The molecule has 142 valence electrons. The first-order chi connectivity index (χ1) is 13.0. The lowest BCUT2D eigenvalue weighted by molar-refractivity contribution is -0.147. The van der Waals surface area contributed by atoms with Crippen LogP contribution < -0.4 is 0 Å². The van der Waals surface area contributed by atoms with Gasteiger partial charge in [-0.25, -0.2) is 4.39 Å². The van der Waals surface area contributed by atoms with Crippen LogP contribution in [-0.4, -0.2) is 57.6 Å². The summed E-state index contributed by atoms with van der Waals surface area (Å²) in [5.41, 5.74) is 0.413. The summed E-state index contributed by atoms with van der Waals surface area (Å²) in [7, 11) is 0. The second-order valence-electron chi connectivity index (χ2n) is 7.38. The zero-order chi connectivity index (χ0) is 19.0. The van der Waals surface area contributed by atoms with E-state index in [9.17, 15) is 14.0 Å². The third kappa shape index (κ3) is 3.01. The first-order valence-corrected chi connectivity index (χ1v) is 9.36. The van der Waals surface area contributed by atoms with Gasteiger partial charge in [-0.05, 0) is 56.0 Å². The normalized spacial score (nSPS) is 18.9. The van der Waals surface area contributed by atoms with E-state index in [1.807, 2.05) is 17.2 Å². The molecule has 0 radical (unpaired) electrons. The molecule has 2 aliphatic rings. The van der Waals surface area contributed by atoms with Crippen molar-refractivity contribution in [1.29, 1.82) is 0 Å². The number of piperidine rings is 1. The van der Waals surface area contributed by atoms with Crippen molar-refractivity contribution in [2.45, 2.75) is 31.7 Å². The lowest BCUT2D eigenvalue weighted by Gasteiger charge is -2.45. The Balaban J connectivity index is 1.55. The summed E-state index contributed by atoms with van der Waals surface area (Å²) in [6, 6.07) is 6.04. The van der Waals surface area contributed by atoms with Crippen LogP contribution in [0, 0.1) is 12.7 Å². The molecule has 2 amide bonds. The second-order valence-corrected chi connectivity index (χ2v) is 7.38. The summed E-state index contributed by atoms with van der Waals surface area (Å²) in [5.74, 6) is -0.360. The van der Waals surface area contributed by atoms with Crippen molar-refractivity contribution in [3.8, 4) is 0 Å². The van der Waals surface area contributed by atoms with Gasteiger partial charge in [-0.15, -0.1) is 0 Å². The topological polar surface area (TPSA) is 58.4 Å². The minimum Gasteiger partial charge on any atom is -0.340 e. The highest BCUT2D eigenvalue weighted by atomic mass is 19.1. The molecule has 2 fully saturated rings. The van der Waals surface area contributed by atoms with E-state index in [-0.39, 0.29) is 17.6 Å². The molecule has 6 nitrogen and oxygen atoms in total. The van der Waals surface area contributed by atoms with E-state index >= 15 is 0 Å². The van der Waals surface area contributed by atoms with Crippen molar-refractivity contribution in [3.05, 3.63) is 53.6 Å². The summed E-state index contributed by atoms with van der Waals surface area (Å²) in [6.45, 7) is 4.25. The molecular weight excluding hydrogens is 347 g/mol. The fourth-order valence-corrected chi connectivity index (χ4v) is 3.99. The number of aryl methyl sites for hydroxylation is 1. The van der Waals surface area contributed by atoms with Crippen LogP contribution in [0.4, 0.5) is 4.39 Å².